The zero-order valence-electron chi connectivity index (χ0n) is 13.0. The first kappa shape index (κ1) is 15.9. The smallest absolute Gasteiger partial charge is 0.265 e. The van der Waals surface area contributed by atoms with Crippen molar-refractivity contribution in [3.63, 3.8) is 0 Å². The van der Waals surface area contributed by atoms with Gasteiger partial charge in [-0.2, -0.15) is 0 Å². The maximum absolute atomic E-state index is 11.6. The molecule has 1 heterocycles. The largest absolute Gasteiger partial charge is 0.305 e. The fraction of sp³-hybridized carbons (Fsp3) is 0.562. The molecule has 5 nitrogen and oxygen atoms in total. The molecule has 1 aliphatic heterocycles. The molecular formula is C16H26N4O. The number of rotatable bonds is 4. The van der Waals surface area contributed by atoms with E-state index in [1.54, 1.807) is 6.07 Å². The van der Waals surface area contributed by atoms with Crippen LogP contribution < -0.4 is 11.3 Å². The van der Waals surface area contributed by atoms with Crippen molar-refractivity contribution in [3.05, 3.63) is 35.4 Å². The highest BCUT2D eigenvalue weighted by Crippen LogP contribution is 2.16. The van der Waals surface area contributed by atoms with Crippen LogP contribution in [-0.2, 0) is 6.54 Å². The van der Waals surface area contributed by atoms with Gasteiger partial charge in [0.25, 0.3) is 5.91 Å². The van der Waals surface area contributed by atoms with Gasteiger partial charge in [-0.3, -0.25) is 15.1 Å². The van der Waals surface area contributed by atoms with Gasteiger partial charge in [-0.05, 0) is 44.1 Å². The number of amides is 1. The van der Waals surface area contributed by atoms with E-state index in [9.17, 15) is 4.79 Å². The number of nitrogens with zero attached hydrogens (tertiary/aromatic N) is 2. The van der Waals surface area contributed by atoms with Crippen LogP contribution in [0.3, 0.4) is 0 Å². The lowest BCUT2D eigenvalue weighted by molar-refractivity contribution is 0.0953. The minimum Gasteiger partial charge on any atom is -0.305 e. The van der Waals surface area contributed by atoms with Crippen LogP contribution in [0.25, 0.3) is 0 Å². The fourth-order valence-electron chi connectivity index (χ4n) is 3.02. The van der Waals surface area contributed by atoms with Crippen LogP contribution in [0.4, 0.5) is 0 Å². The van der Waals surface area contributed by atoms with Crippen molar-refractivity contribution in [1.82, 2.24) is 15.2 Å². The van der Waals surface area contributed by atoms with E-state index in [1.807, 2.05) is 12.1 Å². The highest BCUT2D eigenvalue weighted by molar-refractivity contribution is 5.93. The van der Waals surface area contributed by atoms with Crippen molar-refractivity contribution >= 4 is 5.91 Å². The summed E-state index contributed by atoms with van der Waals surface area (Å²) < 4.78 is 0. The summed E-state index contributed by atoms with van der Waals surface area (Å²) in [4.78, 5) is 16.6. The summed E-state index contributed by atoms with van der Waals surface area (Å²) in [5.41, 5.74) is 3.97. The number of hydrogen-bond donors (Lipinski definition) is 2. The maximum atomic E-state index is 11.6. The maximum Gasteiger partial charge on any atom is 0.265 e. The van der Waals surface area contributed by atoms with E-state index in [-0.39, 0.29) is 5.91 Å². The van der Waals surface area contributed by atoms with E-state index >= 15 is 0 Å². The van der Waals surface area contributed by atoms with Gasteiger partial charge in [-0.25, -0.2) is 5.84 Å². The molecule has 0 aliphatic carbocycles. The minimum absolute atomic E-state index is 0.237. The van der Waals surface area contributed by atoms with Crippen molar-refractivity contribution in [2.75, 3.05) is 26.7 Å². The Morgan fingerprint density at radius 3 is 2.95 bits per heavy atom. The molecule has 1 atom stereocenters. The Kier molecular flexibility index (Phi) is 5.73. The minimum atomic E-state index is -0.237. The van der Waals surface area contributed by atoms with Crippen molar-refractivity contribution in [2.24, 2.45) is 5.84 Å². The Morgan fingerprint density at radius 1 is 1.43 bits per heavy atom. The number of carbonyl (C=O) groups excluding carboxylic acids is 1. The summed E-state index contributed by atoms with van der Waals surface area (Å²) in [6, 6.07) is 8.30. The van der Waals surface area contributed by atoms with Crippen LogP contribution >= 0.6 is 0 Å². The molecule has 21 heavy (non-hydrogen) atoms. The first-order chi connectivity index (χ1) is 10.1. The van der Waals surface area contributed by atoms with Crippen molar-refractivity contribution in [2.45, 2.75) is 32.4 Å². The normalized spacial score (nSPS) is 21.0. The highest BCUT2D eigenvalue weighted by Gasteiger charge is 2.22. The van der Waals surface area contributed by atoms with Crippen LogP contribution in [0, 0.1) is 0 Å². The Balaban J connectivity index is 2.10. The van der Waals surface area contributed by atoms with Gasteiger partial charge in [-0.1, -0.05) is 19.1 Å². The van der Waals surface area contributed by atoms with Crippen LogP contribution in [0.2, 0.25) is 0 Å². The Bertz CT molecular complexity index is 477. The Labute approximate surface area is 127 Å². The molecule has 1 saturated heterocycles. The molecule has 1 fully saturated rings. The van der Waals surface area contributed by atoms with Gasteiger partial charge in [0.05, 0.1) is 0 Å². The first-order valence-electron chi connectivity index (χ1n) is 7.66. The monoisotopic (exact) mass is 290 g/mol. The molecule has 2 rings (SSSR count). The molecule has 1 aliphatic rings. The third kappa shape index (κ3) is 4.27. The molecule has 0 bridgehead atoms. The lowest BCUT2D eigenvalue weighted by Gasteiger charge is -2.30. The molecule has 1 amide bonds. The third-order valence-electron chi connectivity index (χ3n) is 4.20. The summed E-state index contributed by atoms with van der Waals surface area (Å²) >= 11 is 0. The third-order valence-corrected chi connectivity index (χ3v) is 4.20. The molecule has 1 aromatic carbocycles. The number of nitrogen functional groups attached to an aromatic ring is 1. The molecular weight excluding hydrogens is 264 g/mol. The SMILES string of the molecule is CCC1CN(C)CCCN1Cc1cccc(C(=O)NN)c1. The zero-order chi connectivity index (χ0) is 15.2. The van der Waals surface area contributed by atoms with E-state index in [0.717, 1.165) is 32.6 Å². The van der Waals surface area contributed by atoms with E-state index in [0.29, 0.717) is 11.6 Å². The van der Waals surface area contributed by atoms with Crippen LogP contribution in [0.15, 0.2) is 24.3 Å². The summed E-state index contributed by atoms with van der Waals surface area (Å²) in [5, 5.41) is 0. The average molecular weight is 290 g/mol. The van der Waals surface area contributed by atoms with Crippen molar-refractivity contribution < 1.29 is 4.79 Å². The number of likely N-dealkylation sites (N-methyl/N-ethyl adjacent to an activating group) is 1. The van der Waals surface area contributed by atoms with Crippen molar-refractivity contribution in [1.29, 1.82) is 0 Å². The Morgan fingerprint density at radius 2 is 2.24 bits per heavy atom. The van der Waals surface area contributed by atoms with Gasteiger partial charge in [0, 0.05) is 31.2 Å². The van der Waals surface area contributed by atoms with Gasteiger partial charge in [0.15, 0.2) is 0 Å². The number of benzene rings is 1. The number of carbonyl (C=O) groups is 1. The van der Waals surface area contributed by atoms with Gasteiger partial charge in [0.2, 0.25) is 0 Å². The summed E-state index contributed by atoms with van der Waals surface area (Å²) in [5.74, 6) is 4.97. The Hall–Kier alpha value is -1.43. The lowest BCUT2D eigenvalue weighted by atomic mass is 10.1. The zero-order valence-corrected chi connectivity index (χ0v) is 13.0. The standard InChI is InChI=1S/C16H26N4O/c1-3-15-12-19(2)8-5-9-20(15)11-13-6-4-7-14(10-13)16(21)18-17/h4,6-7,10,15H,3,5,8-9,11-12,17H2,1-2H3,(H,18,21). The van der Waals surface area contributed by atoms with Crippen LogP contribution in [-0.4, -0.2) is 48.4 Å². The highest BCUT2D eigenvalue weighted by atomic mass is 16.2. The predicted molar refractivity (Wildman–Crippen MR) is 84.7 cm³/mol. The lowest BCUT2D eigenvalue weighted by Crippen LogP contribution is -2.39. The fourth-order valence-corrected chi connectivity index (χ4v) is 3.02. The summed E-state index contributed by atoms with van der Waals surface area (Å²) in [6.45, 7) is 6.51. The van der Waals surface area contributed by atoms with Gasteiger partial charge < -0.3 is 4.90 Å². The predicted octanol–water partition coefficient (Wildman–Crippen LogP) is 1.21. The molecule has 0 radical (unpaired) electrons. The van der Waals surface area contributed by atoms with E-state index in [1.165, 1.54) is 12.0 Å². The number of nitrogens with two attached hydrogens (primary N) is 1. The molecule has 0 spiro atoms. The molecule has 5 heteroatoms. The van der Waals surface area contributed by atoms with E-state index in [2.05, 4.69) is 35.3 Å². The average Bonchev–Trinajstić information content (AvgIpc) is 2.68. The van der Waals surface area contributed by atoms with Gasteiger partial charge in [-0.15, -0.1) is 0 Å². The van der Waals surface area contributed by atoms with E-state index in [4.69, 9.17) is 5.84 Å². The molecule has 0 saturated carbocycles. The molecule has 0 aromatic heterocycles. The summed E-state index contributed by atoms with van der Waals surface area (Å²) in [7, 11) is 2.19. The second-order valence-corrected chi connectivity index (χ2v) is 5.82. The topological polar surface area (TPSA) is 61.6 Å². The first-order valence-corrected chi connectivity index (χ1v) is 7.66. The molecule has 3 N–H and O–H groups in total. The molecule has 1 aromatic rings. The number of nitrogens with one attached hydrogen (secondary N) is 1. The second-order valence-electron chi connectivity index (χ2n) is 5.82. The van der Waals surface area contributed by atoms with Gasteiger partial charge in [0.1, 0.15) is 0 Å². The second kappa shape index (κ2) is 7.54. The summed E-state index contributed by atoms with van der Waals surface area (Å²) in [6.07, 6.45) is 2.34. The van der Waals surface area contributed by atoms with Crippen LogP contribution in [0.1, 0.15) is 35.7 Å². The van der Waals surface area contributed by atoms with E-state index < -0.39 is 0 Å². The quantitative estimate of drug-likeness (QED) is 0.497. The van der Waals surface area contributed by atoms with Crippen LogP contribution in [0.5, 0.6) is 0 Å². The number of hydrazine groups is 1. The van der Waals surface area contributed by atoms with Crippen molar-refractivity contribution in [3.8, 4) is 0 Å². The number of hydrogen-bond acceptors (Lipinski definition) is 4. The van der Waals surface area contributed by atoms with Gasteiger partial charge >= 0.3 is 0 Å². The molecule has 116 valence electrons. The molecule has 1 unspecified atom stereocenters.